The van der Waals surface area contributed by atoms with Crippen LogP contribution in [0.1, 0.15) is 0 Å². The molecule has 0 aromatic rings. The van der Waals surface area contributed by atoms with E-state index in [4.69, 9.17) is 5.84 Å². The van der Waals surface area contributed by atoms with Gasteiger partial charge >= 0.3 is 0 Å². The Morgan fingerprint density at radius 2 is 2.17 bits per heavy atom. The maximum Gasteiger partial charge on any atom is 0.261 e. The zero-order valence-electron chi connectivity index (χ0n) is 6.86. The molecule has 0 aromatic heterocycles. The summed E-state index contributed by atoms with van der Waals surface area (Å²) in [6.07, 6.45) is 0. The predicted molar refractivity (Wildman–Crippen MR) is 49.3 cm³/mol. The minimum Gasteiger partial charge on any atom is -0.314 e. The minimum absolute atomic E-state index is 0.153. The molecule has 0 atom stereocenters. The van der Waals surface area contributed by atoms with Crippen LogP contribution in [0.3, 0.4) is 0 Å². The highest BCUT2D eigenvalue weighted by Gasteiger charge is 2.18. The third-order valence-electron chi connectivity index (χ3n) is 1.79. The van der Waals surface area contributed by atoms with Gasteiger partial charge in [-0.1, -0.05) is 0 Å². The first-order valence-corrected chi connectivity index (χ1v) is 4.53. The SMILES string of the molecule is NN(C(=O)CS)N1CCNCC1. The molecule has 0 unspecified atom stereocenters. The first-order valence-electron chi connectivity index (χ1n) is 3.90. The molecular weight excluding hydrogens is 176 g/mol. The smallest absolute Gasteiger partial charge is 0.261 e. The second-order valence-corrected chi connectivity index (χ2v) is 2.92. The number of piperazine rings is 1. The number of hydrazine groups is 2. The van der Waals surface area contributed by atoms with Gasteiger partial charge in [0.25, 0.3) is 5.91 Å². The zero-order chi connectivity index (χ0) is 8.97. The number of nitrogens with two attached hydrogens (primary N) is 1. The van der Waals surface area contributed by atoms with Gasteiger partial charge in [0.1, 0.15) is 0 Å². The lowest BCUT2D eigenvalue weighted by atomic mass is 10.4. The average molecular weight is 190 g/mol. The fraction of sp³-hybridized carbons (Fsp3) is 0.833. The topological polar surface area (TPSA) is 61.6 Å². The van der Waals surface area contributed by atoms with Crippen molar-refractivity contribution in [3.8, 4) is 0 Å². The van der Waals surface area contributed by atoms with Gasteiger partial charge in [0.15, 0.2) is 0 Å². The molecule has 1 amide bonds. The molecule has 0 aromatic carbocycles. The molecule has 0 aliphatic carbocycles. The molecule has 1 saturated heterocycles. The van der Waals surface area contributed by atoms with Crippen LogP contribution in [0.25, 0.3) is 0 Å². The summed E-state index contributed by atoms with van der Waals surface area (Å²) in [5.74, 6) is 5.52. The number of hydrogen-bond acceptors (Lipinski definition) is 5. The largest absolute Gasteiger partial charge is 0.314 e. The molecule has 5 nitrogen and oxygen atoms in total. The van der Waals surface area contributed by atoms with Crippen LogP contribution in [0, 0.1) is 0 Å². The second kappa shape index (κ2) is 4.66. The minimum atomic E-state index is -0.166. The molecule has 1 rings (SSSR count). The van der Waals surface area contributed by atoms with Crippen LogP contribution in [-0.4, -0.2) is 48.0 Å². The van der Waals surface area contributed by atoms with Crippen LogP contribution in [0.2, 0.25) is 0 Å². The third kappa shape index (κ3) is 2.34. The number of thiol groups is 1. The lowest BCUT2D eigenvalue weighted by molar-refractivity contribution is -0.147. The Morgan fingerprint density at radius 3 is 2.67 bits per heavy atom. The molecule has 1 aliphatic rings. The van der Waals surface area contributed by atoms with E-state index in [2.05, 4.69) is 17.9 Å². The van der Waals surface area contributed by atoms with Crippen LogP contribution in [0.5, 0.6) is 0 Å². The summed E-state index contributed by atoms with van der Waals surface area (Å²) in [6.45, 7) is 3.28. The standard InChI is InChI=1S/C6H14N4OS/c7-10(6(11)5-12)9-3-1-8-2-4-9/h8,12H,1-5,7H2. The summed E-state index contributed by atoms with van der Waals surface area (Å²) in [5.41, 5.74) is 0. The Hall–Kier alpha value is -0.300. The number of rotatable bonds is 2. The molecule has 12 heavy (non-hydrogen) atoms. The molecule has 0 spiro atoms. The van der Waals surface area contributed by atoms with E-state index in [1.165, 1.54) is 0 Å². The van der Waals surface area contributed by atoms with Gasteiger partial charge in [0, 0.05) is 26.2 Å². The molecule has 1 aliphatic heterocycles. The summed E-state index contributed by atoms with van der Waals surface area (Å²) in [5, 5.41) is 6.15. The predicted octanol–water partition coefficient (Wildman–Crippen LogP) is -1.56. The fourth-order valence-electron chi connectivity index (χ4n) is 1.10. The number of carbonyl (C=O) groups excluding carboxylic acids is 1. The van der Waals surface area contributed by atoms with Crippen molar-refractivity contribution in [3.05, 3.63) is 0 Å². The highest BCUT2D eigenvalue weighted by molar-refractivity contribution is 7.81. The van der Waals surface area contributed by atoms with Crippen LogP contribution < -0.4 is 11.2 Å². The maximum absolute atomic E-state index is 11.1. The van der Waals surface area contributed by atoms with Crippen LogP contribution >= 0.6 is 12.6 Å². The highest BCUT2D eigenvalue weighted by Crippen LogP contribution is 1.96. The van der Waals surface area contributed by atoms with E-state index >= 15 is 0 Å². The maximum atomic E-state index is 11.1. The van der Waals surface area contributed by atoms with Crippen LogP contribution in [0.15, 0.2) is 0 Å². The van der Waals surface area contributed by atoms with Crippen molar-refractivity contribution in [1.29, 1.82) is 0 Å². The van der Waals surface area contributed by atoms with E-state index in [0.29, 0.717) is 0 Å². The third-order valence-corrected chi connectivity index (χ3v) is 2.06. The number of hydrogen-bond donors (Lipinski definition) is 3. The quantitative estimate of drug-likeness (QED) is 0.213. The van der Waals surface area contributed by atoms with Crippen molar-refractivity contribution in [2.75, 3.05) is 31.9 Å². The van der Waals surface area contributed by atoms with Crippen molar-refractivity contribution in [1.82, 2.24) is 15.4 Å². The molecule has 0 radical (unpaired) electrons. The Morgan fingerprint density at radius 1 is 1.58 bits per heavy atom. The number of amides is 1. The average Bonchev–Trinajstić information content (AvgIpc) is 2.17. The Kier molecular flexibility index (Phi) is 3.80. The summed E-state index contributed by atoms with van der Waals surface area (Å²) in [7, 11) is 0. The van der Waals surface area contributed by atoms with Gasteiger partial charge in [-0.3, -0.25) is 4.79 Å². The lowest BCUT2D eigenvalue weighted by Crippen LogP contribution is -2.57. The molecule has 70 valence electrons. The normalized spacial score (nSPS) is 19.2. The molecular formula is C6H14N4OS. The summed E-state index contributed by atoms with van der Waals surface area (Å²) >= 11 is 3.86. The summed E-state index contributed by atoms with van der Waals surface area (Å²) in [6, 6.07) is 0. The van der Waals surface area contributed by atoms with Gasteiger partial charge in [-0.15, -0.1) is 0 Å². The Labute approximate surface area is 77.2 Å². The van der Waals surface area contributed by atoms with Crippen molar-refractivity contribution < 1.29 is 4.79 Å². The molecule has 6 heteroatoms. The highest BCUT2D eigenvalue weighted by atomic mass is 32.1. The molecule has 0 bridgehead atoms. The first kappa shape index (κ1) is 9.79. The molecule has 0 saturated carbocycles. The monoisotopic (exact) mass is 190 g/mol. The van der Waals surface area contributed by atoms with Gasteiger partial charge in [0.2, 0.25) is 0 Å². The molecule has 1 heterocycles. The van der Waals surface area contributed by atoms with Crippen molar-refractivity contribution in [2.45, 2.75) is 0 Å². The number of nitrogens with one attached hydrogen (secondary N) is 1. The van der Waals surface area contributed by atoms with Crippen molar-refractivity contribution in [3.63, 3.8) is 0 Å². The number of carbonyl (C=O) groups is 1. The summed E-state index contributed by atoms with van der Waals surface area (Å²) < 4.78 is 0. The fourth-order valence-corrected chi connectivity index (χ4v) is 1.24. The van der Waals surface area contributed by atoms with E-state index in [1.807, 2.05) is 5.01 Å². The second-order valence-electron chi connectivity index (χ2n) is 2.60. The first-order chi connectivity index (χ1) is 5.75. The van der Waals surface area contributed by atoms with E-state index in [-0.39, 0.29) is 11.7 Å². The lowest BCUT2D eigenvalue weighted by Gasteiger charge is -2.33. The van der Waals surface area contributed by atoms with E-state index < -0.39 is 0 Å². The van der Waals surface area contributed by atoms with Gasteiger partial charge < -0.3 is 5.32 Å². The van der Waals surface area contributed by atoms with E-state index in [1.54, 1.807) is 0 Å². The van der Waals surface area contributed by atoms with Gasteiger partial charge in [-0.2, -0.15) is 12.6 Å². The van der Waals surface area contributed by atoms with E-state index in [0.717, 1.165) is 31.3 Å². The van der Waals surface area contributed by atoms with Crippen LogP contribution in [-0.2, 0) is 4.79 Å². The van der Waals surface area contributed by atoms with Gasteiger partial charge in [-0.05, 0) is 0 Å². The zero-order valence-corrected chi connectivity index (χ0v) is 7.76. The molecule has 3 N–H and O–H groups in total. The van der Waals surface area contributed by atoms with Crippen molar-refractivity contribution in [2.24, 2.45) is 5.84 Å². The molecule has 1 fully saturated rings. The van der Waals surface area contributed by atoms with Crippen LogP contribution in [0.4, 0.5) is 0 Å². The van der Waals surface area contributed by atoms with Crippen molar-refractivity contribution >= 4 is 18.5 Å². The van der Waals surface area contributed by atoms with E-state index in [9.17, 15) is 4.79 Å². The van der Waals surface area contributed by atoms with Gasteiger partial charge in [-0.25, -0.2) is 16.0 Å². The Bertz CT molecular complexity index is 160. The number of nitrogens with zero attached hydrogens (tertiary/aromatic N) is 2. The Balaban J connectivity index is 2.39. The summed E-state index contributed by atoms with van der Waals surface area (Å²) in [4.78, 5) is 11.1. The van der Waals surface area contributed by atoms with Gasteiger partial charge in [0.05, 0.1) is 5.75 Å².